The SMILES string of the molecule is NCc1c(C(F)(F)F)cc(C(F)F)nc1Br. The number of hydrogen-bond acceptors (Lipinski definition) is 2. The Balaban J connectivity index is 3.43. The van der Waals surface area contributed by atoms with Crippen molar-refractivity contribution in [1.29, 1.82) is 0 Å². The van der Waals surface area contributed by atoms with Gasteiger partial charge in [0.2, 0.25) is 0 Å². The van der Waals surface area contributed by atoms with Crippen molar-refractivity contribution in [1.82, 2.24) is 4.98 Å². The highest BCUT2D eigenvalue weighted by atomic mass is 79.9. The Kier molecular flexibility index (Phi) is 3.84. The van der Waals surface area contributed by atoms with Crippen molar-refractivity contribution in [3.05, 3.63) is 27.5 Å². The molecule has 0 fully saturated rings. The van der Waals surface area contributed by atoms with Crippen LogP contribution in [0.2, 0.25) is 0 Å². The van der Waals surface area contributed by atoms with Crippen molar-refractivity contribution < 1.29 is 22.0 Å². The molecule has 0 atom stereocenters. The number of nitrogens with two attached hydrogens (primary N) is 1. The molecule has 8 heteroatoms. The minimum Gasteiger partial charge on any atom is -0.326 e. The van der Waals surface area contributed by atoms with Crippen LogP contribution in [0.15, 0.2) is 10.7 Å². The summed E-state index contributed by atoms with van der Waals surface area (Å²) in [5.41, 5.74) is 2.66. The molecule has 1 aromatic rings. The second-order valence-electron chi connectivity index (χ2n) is 2.87. The molecular formula is C8H6BrF5N2. The van der Waals surface area contributed by atoms with E-state index < -0.39 is 30.4 Å². The first-order valence-electron chi connectivity index (χ1n) is 4.02. The lowest BCUT2D eigenvalue weighted by Crippen LogP contribution is -2.14. The summed E-state index contributed by atoms with van der Waals surface area (Å²) >= 11 is 2.69. The molecule has 0 aliphatic rings. The van der Waals surface area contributed by atoms with Gasteiger partial charge >= 0.3 is 6.18 Å². The van der Waals surface area contributed by atoms with Gasteiger partial charge in [0.25, 0.3) is 6.43 Å². The van der Waals surface area contributed by atoms with Crippen molar-refractivity contribution in [3.8, 4) is 0 Å². The maximum atomic E-state index is 12.5. The highest BCUT2D eigenvalue weighted by Crippen LogP contribution is 2.36. The molecule has 0 saturated heterocycles. The molecule has 1 rings (SSSR count). The number of pyridine rings is 1. The van der Waals surface area contributed by atoms with Crippen molar-refractivity contribution in [2.75, 3.05) is 0 Å². The van der Waals surface area contributed by atoms with Gasteiger partial charge in [0.05, 0.1) is 5.56 Å². The third kappa shape index (κ3) is 2.67. The molecule has 0 saturated carbocycles. The van der Waals surface area contributed by atoms with Crippen LogP contribution in [0.25, 0.3) is 0 Å². The number of hydrogen-bond donors (Lipinski definition) is 1. The molecule has 2 N–H and O–H groups in total. The highest BCUT2D eigenvalue weighted by molar-refractivity contribution is 9.10. The fourth-order valence-electron chi connectivity index (χ4n) is 1.12. The smallest absolute Gasteiger partial charge is 0.326 e. The van der Waals surface area contributed by atoms with Gasteiger partial charge in [-0.1, -0.05) is 0 Å². The maximum absolute atomic E-state index is 12.5. The summed E-state index contributed by atoms with van der Waals surface area (Å²) in [6.45, 7) is -0.439. The normalized spacial score (nSPS) is 12.2. The molecule has 1 heterocycles. The van der Waals surface area contributed by atoms with Gasteiger partial charge in [-0.15, -0.1) is 0 Å². The molecule has 16 heavy (non-hydrogen) atoms. The van der Waals surface area contributed by atoms with Gasteiger partial charge in [-0.3, -0.25) is 0 Å². The lowest BCUT2D eigenvalue weighted by Gasteiger charge is -2.14. The van der Waals surface area contributed by atoms with Crippen molar-refractivity contribution in [2.45, 2.75) is 19.1 Å². The van der Waals surface area contributed by atoms with E-state index in [1.165, 1.54) is 0 Å². The minimum absolute atomic E-state index is 0.305. The van der Waals surface area contributed by atoms with Crippen molar-refractivity contribution in [3.63, 3.8) is 0 Å². The number of aromatic nitrogens is 1. The molecule has 0 bridgehead atoms. The highest BCUT2D eigenvalue weighted by Gasteiger charge is 2.35. The number of halogens is 6. The fraction of sp³-hybridized carbons (Fsp3) is 0.375. The monoisotopic (exact) mass is 304 g/mol. The van der Waals surface area contributed by atoms with Gasteiger partial charge in [0, 0.05) is 12.1 Å². The Bertz CT molecular complexity index is 391. The quantitative estimate of drug-likeness (QED) is 0.673. The van der Waals surface area contributed by atoms with Gasteiger partial charge in [-0.25, -0.2) is 13.8 Å². The largest absolute Gasteiger partial charge is 0.416 e. The molecule has 0 amide bonds. The third-order valence-corrected chi connectivity index (χ3v) is 2.48. The topological polar surface area (TPSA) is 38.9 Å². The van der Waals surface area contributed by atoms with Gasteiger partial charge < -0.3 is 5.73 Å². The zero-order chi connectivity index (χ0) is 12.5. The van der Waals surface area contributed by atoms with Crippen LogP contribution in [0.5, 0.6) is 0 Å². The zero-order valence-electron chi connectivity index (χ0n) is 7.65. The van der Waals surface area contributed by atoms with E-state index in [0.717, 1.165) is 0 Å². The van der Waals surface area contributed by atoms with Crippen LogP contribution in [0.4, 0.5) is 22.0 Å². The van der Waals surface area contributed by atoms with E-state index >= 15 is 0 Å². The summed E-state index contributed by atoms with van der Waals surface area (Å²) in [6, 6.07) is 0.317. The molecular weight excluding hydrogens is 299 g/mol. The Morgan fingerprint density at radius 3 is 2.31 bits per heavy atom. The predicted octanol–water partition coefficient (Wildman–Crippen LogP) is 3.26. The summed E-state index contributed by atoms with van der Waals surface area (Å²) in [4.78, 5) is 3.30. The second kappa shape index (κ2) is 4.62. The van der Waals surface area contributed by atoms with Gasteiger partial charge in [-0.2, -0.15) is 13.2 Å². The number of alkyl halides is 5. The lowest BCUT2D eigenvalue weighted by molar-refractivity contribution is -0.138. The average molecular weight is 305 g/mol. The van der Waals surface area contributed by atoms with Crippen LogP contribution in [0, 0.1) is 0 Å². The first-order valence-corrected chi connectivity index (χ1v) is 4.81. The van der Waals surface area contributed by atoms with E-state index in [4.69, 9.17) is 5.73 Å². The molecule has 90 valence electrons. The van der Waals surface area contributed by atoms with E-state index in [-0.39, 0.29) is 10.2 Å². The van der Waals surface area contributed by atoms with Gasteiger partial charge in [0.1, 0.15) is 10.3 Å². The summed E-state index contributed by atoms with van der Waals surface area (Å²) < 4.78 is 61.8. The molecule has 0 spiro atoms. The van der Waals surface area contributed by atoms with Crippen LogP contribution in [0.3, 0.4) is 0 Å². The summed E-state index contributed by atoms with van der Waals surface area (Å²) in [7, 11) is 0. The minimum atomic E-state index is -4.73. The third-order valence-electron chi connectivity index (χ3n) is 1.83. The van der Waals surface area contributed by atoms with Crippen molar-refractivity contribution >= 4 is 15.9 Å². The molecule has 0 radical (unpaired) electrons. The van der Waals surface area contributed by atoms with Crippen LogP contribution < -0.4 is 5.73 Å². The summed E-state index contributed by atoms with van der Waals surface area (Å²) in [5, 5.41) is 0. The van der Waals surface area contributed by atoms with Crippen LogP contribution in [-0.2, 0) is 12.7 Å². The second-order valence-corrected chi connectivity index (χ2v) is 3.62. The molecule has 0 aliphatic carbocycles. The van der Waals surface area contributed by atoms with Crippen LogP contribution in [-0.4, -0.2) is 4.98 Å². The standard InChI is InChI=1S/C8H6BrF5N2/c9-6-3(2-15)4(8(12,13)14)1-5(16-6)7(10)11/h1,7H,2,15H2. The lowest BCUT2D eigenvalue weighted by atomic mass is 10.1. The fourth-order valence-corrected chi connectivity index (χ4v) is 1.70. The average Bonchev–Trinajstić information content (AvgIpc) is 2.14. The summed E-state index contributed by atoms with van der Waals surface area (Å²) in [6.07, 6.45) is -7.80. The Labute approximate surface area is 95.8 Å². The Morgan fingerprint density at radius 1 is 1.38 bits per heavy atom. The van der Waals surface area contributed by atoms with E-state index in [2.05, 4.69) is 20.9 Å². The summed E-state index contributed by atoms with van der Waals surface area (Å²) in [5.74, 6) is 0. The zero-order valence-corrected chi connectivity index (χ0v) is 9.24. The van der Waals surface area contributed by atoms with E-state index in [9.17, 15) is 22.0 Å². The van der Waals surface area contributed by atoms with E-state index in [1.807, 2.05) is 0 Å². The van der Waals surface area contributed by atoms with Gasteiger partial charge in [-0.05, 0) is 22.0 Å². The Hall–Kier alpha value is -0.760. The molecule has 0 unspecified atom stereocenters. The van der Waals surface area contributed by atoms with E-state index in [1.54, 1.807) is 0 Å². The van der Waals surface area contributed by atoms with Crippen molar-refractivity contribution in [2.24, 2.45) is 5.73 Å². The molecule has 0 aliphatic heterocycles. The predicted molar refractivity (Wildman–Crippen MR) is 49.8 cm³/mol. The van der Waals surface area contributed by atoms with Crippen LogP contribution in [0.1, 0.15) is 23.2 Å². The molecule has 0 aromatic carbocycles. The van der Waals surface area contributed by atoms with Crippen LogP contribution >= 0.6 is 15.9 Å². The van der Waals surface area contributed by atoms with E-state index in [0.29, 0.717) is 6.07 Å². The van der Waals surface area contributed by atoms with Gasteiger partial charge in [0.15, 0.2) is 0 Å². The Morgan fingerprint density at radius 2 is 1.94 bits per heavy atom. The first-order chi connectivity index (χ1) is 7.27. The molecule has 2 nitrogen and oxygen atoms in total. The first kappa shape index (κ1) is 13.3. The maximum Gasteiger partial charge on any atom is 0.416 e. The number of rotatable bonds is 2. The number of nitrogens with zero attached hydrogens (tertiary/aromatic N) is 1. The molecule has 1 aromatic heterocycles.